The van der Waals surface area contributed by atoms with Crippen LogP contribution in [-0.4, -0.2) is 21.9 Å². The van der Waals surface area contributed by atoms with Crippen LogP contribution in [0.3, 0.4) is 0 Å². The van der Waals surface area contributed by atoms with E-state index in [0.29, 0.717) is 24.7 Å². The van der Waals surface area contributed by atoms with E-state index >= 15 is 0 Å². The van der Waals surface area contributed by atoms with E-state index in [2.05, 4.69) is 10.1 Å². The first-order valence-corrected chi connectivity index (χ1v) is 6.45. The molecule has 2 aromatic rings. The van der Waals surface area contributed by atoms with Crippen LogP contribution in [0.15, 0.2) is 28.8 Å². The molecule has 0 spiro atoms. The highest BCUT2D eigenvalue weighted by molar-refractivity contribution is 5.28. The smallest absolute Gasteiger partial charge is 0.231 e. The zero-order valence-electron chi connectivity index (χ0n) is 11.2. The van der Waals surface area contributed by atoms with Gasteiger partial charge >= 0.3 is 0 Å². The van der Waals surface area contributed by atoms with E-state index in [0.717, 1.165) is 12.0 Å². The molecule has 0 radical (unpaired) electrons. The molecule has 0 saturated heterocycles. The standard InChI is InChI=1S/C14H18N2O3/c1-3-12(18-4-2)14-15-13(19-16-14)9-10-6-5-7-11(17)8-10/h5-8,12,17H,3-4,9H2,1-2H3. The van der Waals surface area contributed by atoms with Crippen molar-refractivity contribution in [2.45, 2.75) is 32.8 Å². The predicted molar refractivity (Wildman–Crippen MR) is 69.9 cm³/mol. The van der Waals surface area contributed by atoms with Crippen molar-refractivity contribution in [3.05, 3.63) is 41.5 Å². The molecule has 5 heteroatoms. The number of ether oxygens (including phenoxy) is 1. The van der Waals surface area contributed by atoms with E-state index in [1.54, 1.807) is 18.2 Å². The third-order valence-corrected chi connectivity index (χ3v) is 2.78. The Kier molecular flexibility index (Phi) is 4.52. The van der Waals surface area contributed by atoms with Gasteiger partial charge in [-0.15, -0.1) is 0 Å². The van der Waals surface area contributed by atoms with Gasteiger partial charge in [0, 0.05) is 6.61 Å². The fourth-order valence-corrected chi connectivity index (χ4v) is 1.89. The van der Waals surface area contributed by atoms with Crippen molar-refractivity contribution in [1.82, 2.24) is 10.1 Å². The van der Waals surface area contributed by atoms with Crippen LogP contribution in [0.5, 0.6) is 5.75 Å². The Morgan fingerprint density at radius 3 is 2.89 bits per heavy atom. The van der Waals surface area contributed by atoms with Gasteiger partial charge in [0.2, 0.25) is 11.7 Å². The van der Waals surface area contributed by atoms with E-state index in [1.165, 1.54) is 0 Å². The van der Waals surface area contributed by atoms with Crippen molar-refractivity contribution < 1.29 is 14.4 Å². The van der Waals surface area contributed by atoms with E-state index in [-0.39, 0.29) is 11.9 Å². The Morgan fingerprint density at radius 2 is 2.21 bits per heavy atom. The topological polar surface area (TPSA) is 68.4 Å². The van der Waals surface area contributed by atoms with Crippen LogP contribution in [-0.2, 0) is 11.2 Å². The summed E-state index contributed by atoms with van der Waals surface area (Å²) in [7, 11) is 0. The van der Waals surface area contributed by atoms with Gasteiger partial charge < -0.3 is 14.4 Å². The molecule has 1 heterocycles. The van der Waals surface area contributed by atoms with Crippen molar-refractivity contribution >= 4 is 0 Å². The first kappa shape index (κ1) is 13.5. The number of benzene rings is 1. The molecule has 0 fully saturated rings. The molecule has 1 atom stereocenters. The molecular weight excluding hydrogens is 244 g/mol. The van der Waals surface area contributed by atoms with Crippen molar-refractivity contribution in [3.63, 3.8) is 0 Å². The van der Waals surface area contributed by atoms with Gasteiger partial charge in [-0.05, 0) is 31.0 Å². The van der Waals surface area contributed by atoms with Gasteiger partial charge in [-0.25, -0.2) is 0 Å². The van der Waals surface area contributed by atoms with Crippen molar-refractivity contribution in [2.24, 2.45) is 0 Å². The Bertz CT molecular complexity index is 525. The summed E-state index contributed by atoms with van der Waals surface area (Å²) in [4.78, 5) is 4.34. The SMILES string of the molecule is CCOC(CC)c1noc(Cc2cccc(O)c2)n1. The van der Waals surface area contributed by atoms with Crippen LogP contribution >= 0.6 is 0 Å². The maximum absolute atomic E-state index is 9.41. The molecule has 102 valence electrons. The lowest BCUT2D eigenvalue weighted by Crippen LogP contribution is -2.05. The summed E-state index contributed by atoms with van der Waals surface area (Å²) in [6.07, 6.45) is 1.19. The Balaban J connectivity index is 2.08. The summed E-state index contributed by atoms with van der Waals surface area (Å²) in [5.41, 5.74) is 0.930. The van der Waals surface area contributed by atoms with E-state index in [1.807, 2.05) is 19.9 Å². The fourth-order valence-electron chi connectivity index (χ4n) is 1.89. The van der Waals surface area contributed by atoms with E-state index < -0.39 is 0 Å². The molecule has 1 N–H and O–H groups in total. The number of phenolic OH excluding ortho intramolecular Hbond substituents is 1. The minimum atomic E-state index is -0.119. The third-order valence-electron chi connectivity index (χ3n) is 2.78. The number of aromatic hydroxyl groups is 1. The first-order chi connectivity index (χ1) is 9.22. The van der Waals surface area contributed by atoms with E-state index in [4.69, 9.17) is 9.26 Å². The van der Waals surface area contributed by atoms with Gasteiger partial charge in [0.15, 0.2) is 0 Å². The summed E-state index contributed by atoms with van der Waals surface area (Å²) >= 11 is 0. The molecule has 0 aliphatic heterocycles. The zero-order valence-corrected chi connectivity index (χ0v) is 11.2. The van der Waals surface area contributed by atoms with Gasteiger partial charge in [-0.1, -0.05) is 24.2 Å². The lowest BCUT2D eigenvalue weighted by molar-refractivity contribution is 0.0518. The van der Waals surface area contributed by atoms with Gasteiger partial charge in [-0.2, -0.15) is 4.98 Å². The summed E-state index contributed by atoms with van der Waals surface area (Å²) < 4.78 is 10.7. The van der Waals surface area contributed by atoms with Crippen molar-refractivity contribution in [1.29, 1.82) is 0 Å². The molecule has 1 aromatic heterocycles. The molecule has 0 aliphatic carbocycles. The molecule has 2 rings (SSSR count). The molecular formula is C14H18N2O3. The van der Waals surface area contributed by atoms with Crippen molar-refractivity contribution in [2.75, 3.05) is 6.61 Å². The summed E-state index contributed by atoms with van der Waals surface area (Å²) in [6, 6.07) is 7.01. The highest BCUT2D eigenvalue weighted by Crippen LogP contribution is 2.19. The molecule has 19 heavy (non-hydrogen) atoms. The maximum atomic E-state index is 9.41. The number of hydrogen-bond acceptors (Lipinski definition) is 5. The average molecular weight is 262 g/mol. The normalized spacial score (nSPS) is 12.5. The number of rotatable bonds is 6. The third kappa shape index (κ3) is 3.54. The highest BCUT2D eigenvalue weighted by Gasteiger charge is 2.16. The monoisotopic (exact) mass is 262 g/mol. The fraction of sp³-hybridized carbons (Fsp3) is 0.429. The van der Waals surface area contributed by atoms with Crippen LogP contribution in [0.2, 0.25) is 0 Å². The lowest BCUT2D eigenvalue weighted by Gasteiger charge is -2.09. The van der Waals surface area contributed by atoms with Crippen LogP contribution in [0, 0.1) is 0 Å². The molecule has 0 aliphatic rings. The summed E-state index contributed by atoms with van der Waals surface area (Å²) in [5.74, 6) is 1.34. The molecule has 0 bridgehead atoms. The summed E-state index contributed by atoms with van der Waals surface area (Å²) in [6.45, 7) is 4.58. The Morgan fingerprint density at radius 1 is 1.37 bits per heavy atom. The Labute approximate surface area is 112 Å². The van der Waals surface area contributed by atoms with Crippen LogP contribution in [0.25, 0.3) is 0 Å². The second-order valence-corrected chi connectivity index (χ2v) is 4.25. The van der Waals surface area contributed by atoms with Gasteiger partial charge in [0.25, 0.3) is 0 Å². The Hall–Kier alpha value is -1.88. The predicted octanol–water partition coefficient (Wildman–Crippen LogP) is 2.85. The second kappa shape index (κ2) is 6.33. The minimum absolute atomic E-state index is 0.119. The molecule has 0 amide bonds. The van der Waals surface area contributed by atoms with Crippen LogP contribution < -0.4 is 0 Å². The van der Waals surface area contributed by atoms with Crippen LogP contribution in [0.1, 0.15) is 43.7 Å². The van der Waals surface area contributed by atoms with Crippen LogP contribution in [0.4, 0.5) is 0 Å². The lowest BCUT2D eigenvalue weighted by atomic mass is 10.1. The van der Waals surface area contributed by atoms with Gasteiger partial charge in [-0.3, -0.25) is 0 Å². The maximum Gasteiger partial charge on any atom is 0.231 e. The highest BCUT2D eigenvalue weighted by atomic mass is 16.5. The van der Waals surface area contributed by atoms with Gasteiger partial charge in [0.05, 0.1) is 6.42 Å². The second-order valence-electron chi connectivity index (χ2n) is 4.25. The van der Waals surface area contributed by atoms with Gasteiger partial charge in [0.1, 0.15) is 11.9 Å². The molecule has 1 unspecified atom stereocenters. The molecule has 1 aromatic carbocycles. The van der Waals surface area contributed by atoms with Crippen molar-refractivity contribution in [3.8, 4) is 5.75 Å². The average Bonchev–Trinajstić information content (AvgIpc) is 2.84. The molecule has 5 nitrogen and oxygen atoms in total. The minimum Gasteiger partial charge on any atom is -0.508 e. The summed E-state index contributed by atoms with van der Waals surface area (Å²) in [5, 5.41) is 13.4. The number of hydrogen-bond donors (Lipinski definition) is 1. The number of aromatic nitrogens is 2. The largest absolute Gasteiger partial charge is 0.508 e. The molecule has 0 saturated carbocycles. The quantitative estimate of drug-likeness (QED) is 0.867. The van der Waals surface area contributed by atoms with E-state index in [9.17, 15) is 5.11 Å². The zero-order chi connectivity index (χ0) is 13.7. The number of phenols is 1. The first-order valence-electron chi connectivity index (χ1n) is 6.45. The number of nitrogens with zero attached hydrogens (tertiary/aromatic N) is 2.